The number of rotatable bonds is 22. The highest BCUT2D eigenvalue weighted by atomic mass is 16.2. The lowest BCUT2D eigenvalue weighted by Gasteiger charge is -2.18. The van der Waals surface area contributed by atoms with Crippen molar-refractivity contribution in [1.29, 1.82) is 0 Å². The van der Waals surface area contributed by atoms with Crippen molar-refractivity contribution in [1.82, 2.24) is 20.4 Å². The van der Waals surface area contributed by atoms with Crippen LogP contribution in [0.5, 0.6) is 0 Å². The van der Waals surface area contributed by atoms with Crippen LogP contribution in [0.1, 0.15) is 91.0 Å². The monoisotopic (exact) mass is 783 g/mol. The number of ketones is 1. The largest absolute Gasteiger partial charge is 0.352 e. The van der Waals surface area contributed by atoms with Crippen LogP contribution in [0.15, 0.2) is 70.9 Å². The van der Waals surface area contributed by atoms with E-state index in [-0.39, 0.29) is 40.1 Å². The molecule has 1 unspecified atom stereocenters. The highest BCUT2D eigenvalue weighted by Gasteiger charge is 2.23. The Morgan fingerprint density at radius 3 is 1.63 bits per heavy atom. The molecule has 0 saturated carbocycles. The van der Waals surface area contributed by atoms with E-state index in [2.05, 4.69) is 74.3 Å². The molecule has 3 rings (SSSR count). The van der Waals surface area contributed by atoms with Crippen molar-refractivity contribution < 1.29 is 28.8 Å². The van der Waals surface area contributed by atoms with Gasteiger partial charge in [-0.25, -0.2) is 0 Å². The highest BCUT2D eigenvalue weighted by Crippen LogP contribution is 2.22. The lowest BCUT2D eigenvalue weighted by molar-refractivity contribution is -0.126. The number of hydrogen-bond acceptors (Lipinski definition) is 10. The molecule has 0 fully saturated rings. The molecule has 0 aliphatic carbocycles. The third kappa shape index (κ3) is 15.0. The van der Waals surface area contributed by atoms with Gasteiger partial charge in [-0.05, 0) is 132 Å². The minimum absolute atomic E-state index is 0.226. The van der Waals surface area contributed by atoms with Crippen LogP contribution in [0, 0.1) is 6.92 Å². The second-order valence-corrected chi connectivity index (χ2v) is 13.5. The van der Waals surface area contributed by atoms with Crippen molar-refractivity contribution in [3.63, 3.8) is 0 Å². The Morgan fingerprint density at radius 2 is 1.16 bits per heavy atom. The average Bonchev–Trinajstić information content (AvgIpc) is 3.18. The number of aryl methyl sites for hydroxylation is 1. The van der Waals surface area contributed by atoms with Gasteiger partial charge in [0.05, 0.1) is 5.69 Å². The van der Waals surface area contributed by atoms with E-state index in [0.29, 0.717) is 35.7 Å². The maximum Gasteiger partial charge on any atom is 0.258 e. The minimum atomic E-state index is -1.43. The van der Waals surface area contributed by atoms with E-state index in [4.69, 9.17) is 0 Å². The maximum atomic E-state index is 13.4. The number of amides is 5. The molecule has 0 heterocycles. The molecule has 0 radical (unpaired) electrons. The summed E-state index contributed by atoms with van der Waals surface area (Å²) in [4.78, 5) is 81.1. The Bertz CT molecular complexity index is 1840. The third-order valence-corrected chi connectivity index (χ3v) is 9.23. The van der Waals surface area contributed by atoms with Crippen LogP contribution in [0.4, 0.5) is 22.7 Å². The first-order chi connectivity index (χ1) is 27.3. The first-order valence-corrected chi connectivity index (χ1v) is 19.5. The molecule has 5 amide bonds. The molecule has 3 aromatic rings. The summed E-state index contributed by atoms with van der Waals surface area (Å²) in [6.07, 6.45) is 1.52. The van der Waals surface area contributed by atoms with Gasteiger partial charge in [0.1, 0.15) is 0 Å². The molecule has 15 heteroatoms. The molecule has 306 valence electrons. The molecule has 5 N–H and O–H groups in total. The summed E-state index contributed by atoms with van der Waals surface area (Å²) in [6, 6.07) is 14.1. The summed E-state index contributed by atoms with van der Waals surface area (Å²) >= 11 is 0. The van der Waals surface area contributed by atoms with Gasteiger partial charge in [-0.2, -0.15) is 10.2 Å². The number of hydrogen-bond donors (Lipinski definition) is 5. The summed E-state index contributed by atoms with van der Waals surface area (Å²) in [5, 5.41) is 22.1. The number of carbonyl (C=O) groups excluding carboxylic acids is 6. The van der Waals surface area contributed by atoms with Crippen LogP contribution in [0.2, 0.25) is 0 Å². The quantitative estimate of drug-likeness (QED) is 0.0479. The van der Waals surface area contributed by atoms with Gasteiger partial charge in [-0.1, -0.05) is 27.7 Å². The van der Waals surface area contributed by atoms with Gasteiger partial charge in [0, 0.05) is 53.8 Å². The predicted molar refractivity (Wildman–Crippen MR) is 223 cm³/mol. The van der Waals surface area contributed by atoms with E-state index >= 15 is 0 Å². The van der Waals surface area contributed by atoms with Crippen LogP contribution in [0.3, 0.4) is 0 Å². The molecule has 0 aromatic heterocycles. The number of Topliss-reactive ketones (excluding diaryl/α,β-unsaturated/α-hetero) is 1. The summed E-state index contributed by atoms with van der Waals surface area (Å²) in [5.74, 6) is -2.65. The fourth-order valence-electron chi connectivity index (χ4n) is 5.86. The fourth-order valence-corrected chi connectivity index (χ4v) is 5.86. The van der Waals surface area contributed by atoms with Crippen molar-refractivity contribution in [2.75, 3.05) is 68.3 Å². The van der Waals surface area contributed by atoms with Crippen LogP contribution in [-0.2, 0) is 14.4 Å². The molecule has 57 heavy (non-hydrogen) atoms. The maximum absolute atomic E-state index is 13.4. The molecule has 0 bridgehead atoms. The van der Waals surface area contributed by atoms with Gasteiger partial charge in [-0.15, -0.1) is 0 Å². The van der Waals surface area contributed by atoms with Crippen LogP contribution in [-0.4, -0.2) is 104 Å². The van der Waals surface area contributed by atoms with Gasteiger partial charge in [0.2, 0.25) is 11.9 Å². The second kappa shape index (κ2) is 23.3. The second-order valence-electron chi connectivity index (χ2n) is 13.5. The lowest BCUT2D eigenvalue weighted by Crippen LogP contribution is -2.31. The first kappa shape index (κ1) is 45.6. The summed E-state index contributed by atoms with van der Waals surface area (Å²) in [6.45, 7) is 19.0. The minimum Gasteiger partial charge on any atom is -0.352 e. The molecule has 0 aliphatic rings. The van der Waals surface area contributed by atoms with Crippen molar-refractivity contribution in [2.45, 2.75) is 67.3 Å². The normalized spacial score (nSPS) is 11.7. The van der Waals surface area contributed by atoms with Crippen LogP contribution in [0.25, 0.3) is 0 Å². The van der Waals surface area contributed by atoms with E-state index < -0.39 is 23.6 Å². The Morgan fingerprint density at radius 1 is 0.614 bits per heavy atom. The Labute approximate surface area is 335 Å². The van der Waals surface area contributed by atoms with Gasteiger partial charge in [0.25, 0.3) is 23.6 Å². The molecule has 3 aromatic carbocycles. The van der Waals surface area contributed by atoms with Gasteiger partial charge in [-0.3, -0.25) is 28.8 Å². The summed E-state index contributed by atoms with van der Waals surface area (Å²) < 4.78 is 0. The average molecular weight is 784 g/mol. The third-order valence-electron chi connectivity index (χ3n) is 9.23. The molecule has 1 atom stereocenters. The zero-order chi connectivity index (χ0) is 41.9. The van der Waals surface area contributed by atoms with Crippen LogP contribution >= 0.6 is 0 Å². The summed E-state index contributed by atoms with van der Waals surface area (Å²) in [7, 11) is 0. The first-order valence-electron chi connectivity index (χ1n) is 19.5. The highest BCUT2D eigenvalue weighted by molar-refractivity contribution is 6.10. The van der Waals surface area contributed by atoms with E-state index in [1.54, 1.807) is 25.1 Å². The zero-order valence-electron chi connectivity index (χ0n) is 34.2. The van der Waals surface area contributed by atoms with E-state index in [0.717, 1.165) is 52.1 Å². The Hall–Kier alpha value is -5.80. The van der Waals surface area contributed by atoms with Crippen LogP contribution < -0.4 is 26.6 Å². The number of azo groups is 1. The molecule has 0 spiro atoms. The van der Waals surface area contributed by atoms with E-state index in [9.17, 15) is 28.8 Å². The fraction of sp³-hybridized carbons (Fsp3) is 0.429. The van der Waals surface area contributed by atoms with Gasteiger partial charge >= 0.3 is 0 Å². The molecule has 0 saturated heterocycles. The molecule has 15 nitrogen and oxygen atoms in total. The topological polar surface area (TPSA) is 194 Å². The summed E-state index contributed by atoms with van der Waals surface area (Å²) in [5.41, 5.74) is 3.01. The number of nitrogens with one attached hydrogen (secondary N) is 5. The number of carbonyl (C=O) groups is 6. The van der Waals surface area contributed by atoms with Crippen molar-refractivity contribution >= 4 is 58.1 Å². The zero-order valence-corrected chi connectivity index (χ0v) is 34.2. The Balaban J connectivity index is 1.72. The van der Waals surface area contributed by atoms with Gasteiger partial charge in [0.15, 0.2) is 5.78 Å². The smallest absolute Gasteiger partial charge is 0.258 e. The number of nitrogens with zero attached hydrogens (tertiary/aromatic N) is 4. The van der Waals surface area contributed by atoms with Crippen molar-refractivity contribution in [3.8, 4) is 0 Å². The van der Waals surface area contributed by atoms with E-state index in [1.165, 1.54) is 56.3 Å². The molecule has 0 aliphatic heterocycles. The number of benzene rings is 3. The predicted octanol–water partition coefficient (Wildman–Crippen LogP) is 5.81. The SMILES string of the molecule is CCN(CC)CCCNC(=O)c1cc(NC(=O)c2ccc(/N=N/C(C(C)=O)C(=O)Nc3ccc(NC(C)=O)c(C)c3)cc2)cc(C(=O)NCCCN(CC)CC)c1. The molecular weight excluding hydrogens is 727 g/mol. The lowest BCUT2D eigenvalue weighted by atomic mass is 10.1. The number of anilines is 3. The van der Waals surface area contributed by atoms with Gasteiger partial charge < -0.3 is 36.4 Å². The molecular formula is C42H57N9O6. The van der Waals surface area contributed by atoms with Crippen molar-refractivity contribution in [2.24, 2.45) is 10.2 Å². The Kier molecular flexibility index (Phi) is 18.6. The van der Waals surface area contributed by atoms with E-state index in [1.807, 2.05) is 0 Å². The standard InChI is InChI=1S/C42H57N9O6/c1-8-50(9-2)22-12-20-43-39(54)32-25-33(40(55)44-21-13-23-51(10-3)11-4)27-36(26-32)47-41(56)31-14-16-34(17-15-31)48-49-38(29(6)52)42(57)46-35-18-19-37(28(5)24-35)45-30(7)53/h14-19,24-27,38H,8-13,20-23H2,1-7H3,(H,43,54)(H,44,55)(H,45,53)(H,46,57)(H,47,56)/b49-48+. The van der Waals surface area contributed by atoms with Crippen molar-refractivity contribution in [3.05, 3.63) is 82.9 Å².